The molecule has 30 heavy (non-hydrogen) atoms. The van der Waals surface area contributed by atoms with Crippen LogP contribution in [0.1, 0.15) is 39.2 Å². The van der Waals surface area contributed by atoms with E-state index in [0.29, 0.717) is 25.2 Å². The van der Waals surface area contributed by atoms with Crippen molar-refractivity contribution in [1.29, 1.82) is 0 Å². The lowest BCUT2D eigenvalue weighted by atomic mass is 10.1. The summed E-state index contributed by atoms with van der Waals surface area (Å²) in [6.07, 6.45) is 5.13. The number of nitrogens with zero attached hydrogens (tertiary/aromatic N) is 4. The van der Waals surface area contributed by atoms with Crippen molar-refractivity contribution in [2.24, 2.45) is 0 Å². The van der Waals surface area contributed by atoms with Crippen LogP contribution in [-0.4, -0.2) is 45.0 Å². The van der Waals surface area contributed by atoms with E-state index in [1.807, 2.05) is 29.3 Å². The number of carbonyl (C=O) groups excluding carboxylic acids is 1. The monoisotopic (exact) mass is 427 g/mol. The molecule has 158 valence electrons. The van der Waals surface area contributed by atoms with Gasteiger partial charge in [-0.25, -0.2) is 9.97 Å². The van der Waals surface area contributed by atoms with E-state index in [1.54, 1.807) is 0 Å². The number of nitrogens with one attached hydrogen (secondary N) is 1. The lowest BCUT2D eigenvalue weighted by Crippen LogP contribution is -2.36. The maximum Gasteiger partial charge on any atom is 0.274 e. The molecule has 0 unspecified atom stereocenters. The maximum atomic E-state index is 13.0. The van der Waals surface area contributed by atoms with Gasteiger partial charge in [0, 0.05) is 51.6 Å². The summed E-state index contributed by atoms with van der Waals surface area (Å²) in [6.45, 7) is 3.81. The van der Waals surface area contributed by atoms with Crippen LogP contribution in [0.5, 0.6) is 0 Å². The highest BCUT2D eigenvalue weighted by molar-refractivity contribution is 5.92. The third kappa shape index (κ3) is 4.27. The van der Waals surface area contributed by atoms with Crippen molar-refractivity contribution in [3.8, 4) is 0 Å². The maximum absolute atomic E-state index is 13.0. The van der Waals surface area contributed by atoms with E-state index in [4.69, 9.17) is 4.42 Å². The lowest BCUT2D eigenvalue weighted by molar-refractivity contribution is 0.0722. The summed E-state index contributed by atoms with van der Waals surface area (Å²) in [7, 11) is 0. The number of carbonyl (C=O) groups is 1. The number of rotatable bonds is 4. The number of hydrogen-bond donors (Lipinski definition) is 1. The standard InChI is InChI=1S/C22H25N5O2.ClH/c28-22(18-15-26-13-11-23-10-8-20(26)24-18)27-12-9-19-17(14-27)25-21(29-19)7-6-16-4-2-1-3-5-16;/h1-5,15,23H,6-14H2;1H. The van der Waals surface area contributed by atoms with Gasteiger partial charge in [-0.2, -0.15) is 0 Å². The van der Waals surface area contributed by atoms with Crippen LogP contribution in [0.25, 0.3) is 0 Å². The molecule has 2 aliphatic heterocycles. The number of amides is 1. The molecule has 0 saturated carbocycles. The number of oxazole rings is 1. The molecular formula is C22H26ClN5O2. The first-order valence-electron chi connectivity index (χ1n) is 10.3. The van der Waals surface area contributed by atoms with Gasteiger partial charge in [-0.05, 0) is 12.0 Å². The Labute approximate surface area is 181 Å². The van der Waals surface area contributed by atoms with Gasteiger partial charge < -0.3 is 19.2 Å². The predicted octanol–water partition coefficient (Wildman–Crippen LogP) is 2.42. The van der Waals surface area contributed by atoms with Crippen LogP contribution in [0.15, 0.2) is 40.9 Å². The van der Waals surface area contributed by atoms with Crippen molar-refractivity contribution in [2.45, 2.75) is 38.8 Å². The van der Waals surface area contributed by atoms with E-state index in [-0.39, 0.29) is 18.3 Å². The van der Waals surface area contributed by atoms with Crippen LogP contribution in [0, 0.1) is 0 Å². The Morgan fingerprint density at radius 2 is 1.93 bits per heavy atom. The fourth-order valence-electron chi connectivity index (χ4n) is 4.07. The minimum atomic E-state index is -0.0157. The van der Waals surface area contributed by atoms with E-state index in [2.05, 4.69) is 32.0 Å². The van der Waals surface area contributed by atoms with Crippen molar-refractivity contribution in [2.75, 3.05) is 19.6 Å². The molecule has 0 bridgehead atoms. The molecule has 8 heteroatoms. The van der Waals surface area contributed by atoms with Gasteiger partial charge >= 0.3 is 0 Å². The smallest absolute Gasteiger partial charge is 0.274 e. The second-order valence-electron chi connectivity index (χ2n) is 7.68. The number of imidazole rings is 1. The Hall–Kier alpha value is -2.64. The normalized spacial score (nSPS) is 15.7. The highest BCUT2D eigenvalue weighted by atomic mass is 35.5. The van der Waals surface area contributed by atoms with Gasteiger partial charge in [0.25, 0.3) is 5.91 Å². The van der Waals surface area contributed by atoms with Crippen LogP contribution >= 0.6 is 12.4 Å². The molecule has 0 radical (unpaired) electrons. The molecule has 7 nitrogen and oxygen atoms in total. The number of hydrogen-bond acceptors (Lipinski definition) is 5. The summed E-state index contributed by atoms with van der Waals surface area (Å²) in [4.78, 5) is 24.1. The third-order valence-corrected chi connectivity index (χ3v) is 5.66. The molecule has 2 aromatic heterocycles. The van der Waals surface area contributed by atoms with Crippen LogP contribution < -0.4 is 5.32 Å². The molecule has 0 aliphatic carbocycles. The van der Waals surface area contributed by atoms with Crippen LogP contribution in [-0.2, 0) is 38.8 Å². The third-order valence-electron chi connectivity index (χ3n) is 5.66. The van der Waals surface area contributed by atoms with Crippen LogP contribution in [0.3, 0.4) is 0 Å². The zero-order valence-electron chi connectivity index (χ0n) is 16.8. The van der Waals surface area contributed by atoms with E-state index in [9.17, 15) is 4.79 Å². The second kappa shape index (κ2) is 9.02. The number of aromatic nitrogens is 3. The highest BCUT2D eigenvalue weighted by Crippen LogP contribution is 2.22. The summed E-state index contributed by atoms with van der Waals surface area (Å²) in [5.41, 5.74) is 2.70. The van der Waals surface area contributed by atoms with Gasteiger partial charge in [0.1, 0.15) is 23.0 Å². The Morgan fingerprint density at radius 3 is 2.80 bits per heavy atom. The molecule has 1 N–H and O–H groups in total. The Bertz CT molecular complexity index is 990. The molecule has 2 aliphatic rings. The van der Waals surface area contributed by atoms with Gasteiger partial charge in [0.05, 0.1) is 6.54 Å². The van der Waals surface area contributed by atoms with Crippen LogP contribution in [0.2, 0.25) is 0 Å². The molecule has 0 atom stereocenters. The van der Waals surface area contributed by atoms with E-state index < -0.39 is 0 Å². The van der Waals surface area contributed by atoms with Crippen molar-refractivity contribution < 1.29 is 9.21 Å². The summed E-state index contributed by atoms with van der Waals surface area (Å²) < 4.78 is 8.06. The molecule has 0 fully saturated rings. The summed E-state index contributed by atoms with van der Waals surface area (Å²) >= 11 is 0. The van der Waals surface area contributed by atoms with Gasteiger partial charge in [0.2, 0.25) is 0 Å². The molecule has 5 rings (SSSR count). The molecule has 0 spiro atoms. The van der Waals surface area contributed by atoms with Gasteiger partial charge in [0.15, 0.2) is 5.89 Å². The molecular weight excluding hydrogens is 402 g/mol. The van der Waals surface area contributed by atoms with Gasteiger partial charge in [-0.3, -0.25) is 4.79 Å². The number of benzene rings is 1. The van der Waals surface area contributed by atoms with Crippen molar-refractivity contribution in [3.05, 3.63) is 71.0 Å². The zero-order valence-corrected chi connectivity index (χ0v) is 17.7. The average Bonchev–Trinajstić information content (AvgIpc) is 3.29. The summed E-state index contributed by atoms with van der Waals surface area (Å²) in [5, 5.41) is 3.35. The topological polar surface area (TPSA) is 76.2 Å². The molecule has 0 saturated heterocycles. The first-order valence-corrected chi connectivity index (χ1v) is 10.3. The SMILES string of the molecule is Cl.O=C(c1cn2c(n1)CCNCC2)N1CCc2oc(CCc3ccccc3)nc2C1. The fraction of sp³-hybridized carbons (Fsp3) is 0.409. The molecule has 1 aromatic carbocycles. The number of fused-ring (bicyclic) bond motifs is 2. The van der Waals surface area contributed by atoms with Crippen molar-refractivity contribution >= 4 is 18.3 Å². The minimum Gasteiger partial charge on any atom is -0.445 e. The Kier molecular flexibility index (Phi) is 6.20. The summed E-state index contributed by atoms with van der Waals surface area (Å²) in [5.74, 6) is 2.65. The van der Waals surface area contributed by atoms with Crippen molar-refractivity contribution in [1.82, 2.24) is 24.8 Å². The second-order valence-corrected chi connectivity index (χ2v) is 7.68. The van der Waals surface area contributed by atoms with Gasteiger partial charge in [-0.15, -0.1) is 12.4 Å². The minimum absolute atomic E-state index is 0. The first-order chi connectivity index (χ1) is 14.3. The Morgan fingerprint density at radius 1 is 1.07 bits per heavy atom. The first kappa shape index (κ1) is 20.6. The quantitative estimate of drug-likeness (QED) is 0.692. The average molecular weight is 428 g/mol. The Balaban J connectivity index is 0.00000218. The lowest BCUT2D eigenvalue weighted by Gasteiger charge is -2.24. The van der Waals surface area contributed by atoms with E-state index in [0.717, 1.165) is 62.1 Å². The molecule has 3 aromatic rings. The predicted molar refractivity (Wildman–Crippen MR) is 115 cm³/mol. The fourth-order valence-corrected chi connectivity index (χ4v) is 4.07. The summed E-state index contributed by atoms with van der Waals surface area (Å²) in [6, 6.07) is 10.3. The molecule has 1 amide bonds. The number of halogens is 1. The van der Waals surface area contributed by atoms with Crippen LogP contribution in [0.4, 0.5) is 0 Å². The highest BCUT2D eigenvalue weighted by Gasteiger charge is 2.28. The molecule has 4 heterocycles. The number of aryl methyl sites for hydroxylation is 2. The van der Waals surface area contributed by atoms with E-state index >= 15 is 0 Å². The van der Waals surface area contributed by atoms with Gasteiger partial charge in [-0.1, -0.05) is 30.3 Å². The van der Waals surface area contributed by atoms with Crippen molar-refractivity contribution in [3.63, 3.8) is 0 Å². The largest absolute Gasteiger partial charge is 0.445 e. The van der Waals surface area contributed by atoms with E-state index in [1.165, 1.54) is 5.56 Å². The zero-order chi connectivity index (χ0) is 19.6.